The van der Waals surface area contributed by atoms with E-state index in [2.05, 4.69) is 10.3 Å². The zero-order valence-electron chi connectivity index (χ0n) is 9.45. The molecule has 0 saturated carbocycles. The smallest absolute Gasteiger partial charge is 0.196 e. The van der Waals surface area contributed by atoms with E-state index in [0.29, 0.717) is 5.56 Å². The zero-order chi connectivity index (χ0) is 14.0. The van der Waals surface area contributed by atoms with Gasteiger partial charge in [0, 0.05) is 11.8 Å². The predicted molar refractivity (Wildman–Crippen MR) is 69.7 cm³/mol. The lowest BCUT2D eigenvalue weighted by molar-refractivity contribution is 0.449. The molecule has 0 radical (unpaired) electrons. The first kappa shape index (κ1) is 13.3. The van der Waals surface area contributed by atoms with E-state index in [1.54, 1.807) is 6.07 Å². The summed E-state index contributed by atoms with van der Waals surface area (Å²) in [7, 11) is 0. The van der Waals surface area contributed by atoms with Gasteiger partial charge in [-0.3, -0.25) is 0 Å². The Balaban J connectivity index is 2.34. The average molecular weight is 283 g/mol. The minimum Gasteiger partial charge on any atom is -0.389 e. The van der Waals surface area contributed by atoms with Crippen LogP contribution in [0.25, 0.3) is 0 Å². The number of hydrogen-bond acceptors (Lipinski definition) is 3. The first-order valence-electron chi connectivity index (χ1n) is 5.15. The summed E-state index contributed by atoms with van der Waals surface area (Å²) in [5.41, 5.74) is 5.74. The second-order valence-corrected chi connectivity index (χ2v) is 4.08. The van der Waals surface area contributed by atoms with Crippen LogP contribution in [0.4, 0.5) is 24.7 Å². The molecule has 98 valence electrons. The zero-order valence-corrected chi connectivity index (χ0v) is 10.3. The Kier molecular flexibility index (Phi) is 3.66. The number of pyridine rings is 1. The van der Waals surface area contributed by atoms with E-state index in [0.717, 1.165) is 12.1 Å². The standard InChI is InChI=1S/C12H8F3N3S/c13-7-1-2-8(11(15)10(7)14)18-9-5-6(12(16)19)3-4-17-9/h1-5H,(H2,16,19)(H,17,18). The Hall–Kier alpha value is -2.15. The Bertz CT molecular complexity index is 646. The van der Waals surface area contributed by atoms with Crippen LogP contribution < -0.4 is 11.1 Å². The highest BCUT2D eigenvalue weighted by atomic mass is 32.1. The lowest BCUT2D eigenvalue weighted by Crippen LogP contribution is -2.10. The molecule has 0 aliphatic carbocycles. The van der Waals surface area contributed by atoms with E-state index in [1.807, 2.05) is 0 Å². The molecule has 2 rings (SSSR count). The van der Waals surface area contributed by atoms with Crippen LogP contribution in [0.15, 0.2) is 30.5 Å². The van der Waals surface area contributed by atoms with Crippen molar-refractivity contribution in [2.45, 2.75) is 0 Å². The maximum atomic E-state index is 13.5. The van der Waals surface area contributed by atoms with Gasteiger partial charge in [0.15, 0.2) is 17.5 Å². The summed E-state index contributed by atoms with van der Waals surface area (Å²) < 4.78 is 39.3. The van der Waals surface area contributed by atoms with Gasteiger partial charge in [-0.25, -0.2) is 18.2 Å². The maximum Gasteiger partial charge on any atom is 0.196 e. The van der Waals surface area contributed by atoms with Crippen LogP contribution in [0.3, 0.4) is 0 Å². The van der Waals surface area contributed by atoms with Crippen molar-refractivity contribution in [3.63, 3.8) is 0 Å². The molecule has 0 bridgehead atoms. The van der Waals surface area contributed by atoms with Crippen LogP contribution in [0.5, 0.6) is 0 Å². The number of rotatable bonds is 3. The third kappa shape index (κ3) is 2.82. The molecule has 0 aliphatic heterocycles. The fraction of sp³-hybridized carbons (Fsp3) is 0. The molecule has 7 heteroatoms. The van der Waals surface area contributed by atoms with Gasteiger partial charge in [0.05, 0.1) is 5.69 Å². The summed E-state index contributed by atoms with van der Waals surface area (Å²) in [6, 6.07) is 4.94. The van der Waals surface area contributed by atoms with Crippen molar-refractivity contribution in [2.75, 3.05) is 5.32 Å². The quantitative estimate of drug-likeness (QED) is 0.672. The monoisotopic (exact) mass is 283 g/mol. The summed E-state index contributed by atoms with van der Waals surface area (Å²) in [4.78, 5) is 4.05. The summed E-state index contributed by atoms with van der Waals surface area (Å²) in [6.07, 6.45) is 1.41. The highest BCUT2D eigenvalue weighted by molar-refractivity contribution is 7.80. The fourth-order valence-electron chi connectivity index (χ4n) is 1.41. The second-order valence-electron chi connectivity index (χ2n) is 3.64. The number of benzene rings is 1. The molecule has 0 aliphatic rings. The molecular formula is C12H8F3N3S. The number of thiocarbonyl (C=S) groups is 1. The van der Waals surface area contributed by atoms with Gasteiger partial charge in [-0.2, -0.15) is 0 Å². The van der Waals surface area contributed by atoms with Crippen molar-refractivity contribution in [1.29, 1.82) is 0 Å². The molecule has 0 unspecified atom stereocenters. The Labute approximate surface area is 112 Å². The van der Waals surface area contributed by atoms with Gasteiger partial charge < -0.3 is 11.1 Å². The number of anilines is 2. The molecule has 1 heterocycles. The van der Waals surface area contributed by atoms with Gasteiger partial charge >= 0.3 is 0 Å². The summed E-state index contributed by atoms with van der Waals surface area (Å²) in [5, 5.41) is 2.53. The van der Waals surface area contributed by atoms with Crippen LogP contribution in [-0.2, 0) is 0 Å². The lowest BCUT2D eigenvalue weighted by atomic mass is 10.2. The Morgan fingerprint density at radius 3 is 2.58 bits per heavy atom. The van der Waals surface area contributed by atoms with Crippen molar-refractivity contribution in [3.05, 3.63) is 53.5 Å². The lowest BCUT2D eigenvalue weighted by Gasteiger charge is -2.08. The normalized spacial score (nSPS) is 10.3. The van der Waals surface area contributed by atoms with Crippen LogP contribution in [-0.4, -0.2) is 9.97 Å². The van der Waals surface area contributed by atoms with E-state index < -0.39 is 17.5 Å². The van der Waals surface area contributed by atoms with Gasteiger partial charge in [-0.1, -0.05) is 12.2 Å². The van der Waals surface area contributed by atoms with E-state index >= 15 is 0 Å². The minimum absolute atomic E-state index is 0.149. The number of nitrogens with one attached hydrogen (secondary N) is 1. The SMILES string of the molecule is NC(=S)c1ccnc(Nc2ccc(F)c(F)c2F)c1. The van der Waals surface area contributed by atoms with Gasteiger partial charge in [-0.15, -0.1) is 0 Å². The third-order valence-electron chi connectivity index (χ3n) is 2.34. The van der Waals surface area contributed by atoms with E-state index in [9.17, 15) is 13.2 Å². The molecule has 0 spiro atoms. The van der Waals surface area contributed by atoms with Crippen molar-refractivity contribution >= 4 is 28.7 Å². The van der Waals surface area contributed by atoms with Crippen molar-refractivity contribution in [2.24, 2.45) is 5.73 Å². The minimum atomic E-state index is -1.55. The molecule has 2 aromatic rings. The van der Waals surface area contributed by atoms with Crippen LogP contribution in [0, 0.1) is 17.5 Å². The molecule has 3 nitrogen and oxygen atoms in total. The predicted octanol–water partition coefficient (Wildman–Crippen LogP) is 2.88. The topological polar surface area (TPSA) is 50.9 Å². The van der Waals surface area contributed by atoms with Gasteiger partial charge in [0.2, 0.25) is 0 Å². The molecule has 0 saturated heterocycles. The Morgan fingerprint density at radius 1 is 1.16 bits per heavy atom. The second kappa shape index (κ2) is 5.23. The van der Waals surface area contributed by atoms with Crippen molar-refractivity contribution in [1.82, 2.24) is 4.98 Å². The fourth-order valence-corrected chi connectivity index (χ4v) is 1.54. The first-order chi connectivity index (χ1) is 8.99. The summed E-state index contributed by atoms with van der Waals surface area (Å²) >= 11 is 4.79. The largest absolute Gasteiger partial charge is 0.389 e. The number of hydrogen-bond donors (Lipinski definition) is 2. The maximum absolute atomic E-state index is 13.5. The van der Waals surface area contributed by atoms with Crippen LogP contribution >= 0.6 is 12.2 Å². The summed E-state index contributed by atoms with van der Waals surface area (Å²) in [5.74, 6) is -3.90. The average Bonchev–Trinajstić information content (AvgIpc) is 2.40. The van der Waals surface area contributed by atoms with Gasteiger partial charge in [0.1, 0.15) is 10.8 Å². The van der Waals surface area contributed by atoms with E-state index in [4.69, 9.17) is 18.0 Å². The Morgan fingerprint density at radius 2 is 1.89 bits per heavy atom. The van der Waals surface area contributed by atoms with E-state index in [-0.39, 0.29) is 16.5 Å². The molecule has 19 heavy (non-hydrogen) atoms. The highest BCUT2D eigenvalue weighted by Crippen LogP contribution is 2.22. The number of aromatic nitrogens is 1. The van der Waals surface area contributed by atoms with Crippen LogP contribution in [0.2, 0.25) is 0 Å². The number of nitrogens with two attached hydrogens (primary N) is 1. The molecule has 0 fully saturated rings. The van der Waals surface area contributed by atoms with Crippen molar-refractivity contribution < 1.29 is 13.2 Å². The molecule has 0 amide bonds. The first-order valence-corrected chi connectivity index (χ1v) is 5.56. The molecule has 1 aromatic heterocycles. The van der Waals surface area contributed by atoms with Gasteiger partial charge in [-0.05, 0) is 24.3 Å². The van der Waals surface area contributed by atoms with Crippen molar-refractivity contribution in [3.8, 4) is 0 Å². The highest BCUT2D eigenvalue weighted by Gasteiger charge is 2.13. The van der Waals surface area contributed by atoms with Gasteiger partial charge in [0.25, 0.3) is 0 Å². The number of halogens is 3. The molecular weight excluding hydrogens is 275 g/mol. The molecule has 0 atom stereocenters. The van der Waals surface area contributed by atoms with E-state index in [1.165, 1.54) is 12.3 Å². The molecule has 1 aromatic carbocycles. The third-order valence-corrected chi connectivity index (χ3v) is 2.58. The van der Waals surface area contributed by atoms with Crippen LogP contribution in [0.1, 0.15) is 5.56 Å². The summed E-state index contributed by atoms with van der Waals surface area (Å²) in [6.45, 7) is 0. The number of nitrogens with zero attached hydrogens (tertiary/aromatic N) is 1. The molecule has 3 N–H and O–H groups in total.